The van der Waals surface area contributed by atoms with E-state index in [-0.39, 0.29) is 12.7 Å². The van der Waals surface area contributed by atoms with Gasteiger partial charge in [-0.1, -0.05) is 6.07 Å². The van der Waals surface area contributed by atoms with Crippen LogP contribution in [0.1, 0.15) is 11.4 Å². The first-order valence-corrected chi connectivity index (χ1v) is 5.05. The highest BCUT2D eigenvalue weighted by atomic mass is 16.3. The summed E-state index contributed by atoms with van der Waals surface area (Å²) in [4.78, 5) is 4.44. The highest BCUT2D eigenvalue weighted by Gasteiger charge is 2.22. The summed E-state index contributed by atoms with van der Waals surface area (Å²) >= 11 is 0. The monoisotopic (exact) mass is 204 g/mol. The summed E-state index contributed by atoms with van der Waals surface area (Å²) < 4.78 is 2.04. The normalized spacial score (nSPS) is 19.7. The van der Waals surface area contributed by atoms with Crippen molar-refractivity contribution in [2.24, 2.45) is 0 Å². The van der Waals surface area contributed by atoms with Crippen molar-refractivity contribution in [3.63, 3.8) is 0 Å². The zero-order valence-corrected chi connectivity index (χ0v) is 8.22. The van der Waals surface area contributed by atoms with Crippen molar-refractivity contribution < 1.29 is 10.2 Å². The van der Waals surface area contributed by atoms with E-state index in [1.165, 1.54) is 0 Å². The summed E-state index contributed by atoms with van der Waals surface area (Å²) in [5.74, 6) is 0.938. The fourth-order valence-electron chi connectivity index (χ4n) is 2.17. The molecule has 0 spiro atoms. The SMILES string of the molecule is OCc1ccc2c(c1)nc1n2CC(O)C1. The minimum Gasteiger partial charge on any atom is -0.392 e. The van der Waals surface area contributed by atoms with Crippen LogP contribution in [-0.2, 0) is 19.6 Å². The topological polar surface area (TPSA) is 58.3 Å². The number of aliphatic hydroxyl groups is 2. The quantitative estimate of drug-likeness (QED) is 0.709. The van der Waals surface area contributed by atoms with E-state index in [1.54, 1.807) is 0 Å². The molecule has 1 aliphatic heterocycles. The fourth-order valence-corrected chi connectivity index (χ4v) is 2.17. The van der Waals surface area contributed by atoms with Crippen LogP contribution in [0.3, 0.4) is 0 Å². The molecule has 1 atom stereocenters. The molecule has 1 unspecified atom stereocenters. The van der Waals surface area contributed by atoms with Crippen LogP contribution in [0.4, 0.5) is 0 Å². The summed E-state index contributed by atoms with van der Waals surface area (Å²) in [6.07, 6.45) is 0.331. The lowest BCUT2D eigenvalue weighted by Crippen LogP contribution is -2.07. The molecule has 0 saturated heterocycles. The zero-order chi connectivity index (χ0) is 10.4. The number of hydrogen-bond donors (Lipinski definition) is 2. The van der Waals surface area contributed by atoms with Gasteiger partial charge in [0.05, 0.1) is 30.3 Å². The van der Waals surface area contributed by atoms with Crippen LogP contribution in [0, 0.1) is 0 Å². The molecule has 2 N–H and O–H groups in total. The van der Waals surface area contributed by atoms with Crippen molar-refractivity contribution in [2.45, 2.75) is 25.7 Å². The van der Waals surface area contributed by atoms with Crippen molar-refractivity contribution in [2.75, 3.05) is 0 Å². The van der Waals surface area contributed by atoms with Gasteiger partial charge in [-0.15, -0.1) is 0 Å². The Labute approximate surface area is 86.8 Å². The average Bonchev–Trinajstić information content (AvgIpc) is 2.72. The Bertz CT molecular complexity index is 519. The van der Waals surface area contributed by atoms with E-state index in [0.717, 1.165) is 22.4 Å². The first-order valence-electron chi connectivity index (χ1n) is 5.05. The number of benzene rings is 1. The van der Waals surface area contributed by atoms with Crippen molar-refractivity contribution in [3.8, 4) is 0 Å². The van der Waals surface area contributed by atoms with Gasteiger partial charge < -0.3 is 14.8 Å². The molecule has 0 amide bonds. The third-order valence-corrected chi connectivity index (χ3v) is 2.89. The number of fused-ring (bicyclic) bond motifs is 3. The lowest BCUT2D eigenvalue weighted by molar-refractivity contribution is 0.176. The van der Waals surface area contributed by atoms with Gasteiger partial charge in [0, 0.05) is 6.42 Å². The molecular weight excluding hydrogens is 192 g/mol. The third-order valence-electron chi connectivity index (χ3n) is 2.89. The second-order valence-electron chi connectivity index (χ2n) is 3.98. The van der Waals surface area contributed by atoms with Gasteiger partial charge in [0.25, 0.3) is 0 Å². The smallest absolute Gasteiger partial charge is 0.112 e. The van der Waals surface area contributed by atoms with Crippen LogP contribution in [0.15, 0.2) is 18.2 Å². The van der Waals surface area contributed by atoms with Gasteiger partial charge in [-0.2, -0.15) is 0 Å². The van der Waals surface area contributed by atoms with Gasteiger partial charge in [-0.25, -0.2) is 4.98 Å². The van der Waals surface area contributed by atoms with Gasteiger partial charge in [-0.05, 0) is 17.7 Å². The Kier molecular flexibility index (Phi) is 1.81. The lowest BCUT2D eigenvalue weighted by Gasteiger charge is -2.01. The predicted octanol–water partition coefficient (Wildman–Crippen LogP) is 0.446. The van der Waals surface area contributed by atoms with E-state index in [9.17, 15) is 5.11 Å². The fraction of sp³-hybridized carbons (Fsp3) is 0.364. The molecule has 78 valence electrons. The molecule has 1 aromatic carbocycles. The number of aromatic nitrogens is 2. The van der Waals surface area contributed by atoms with E-state index < -0.39 is 0 Å². The van der Waals surface area contributed by atoms with Crippen LogP contribution in [0.2, 0.25) is 0 Å². The second kappa shape index (κ2) is 3.05. The average molecular weight is 204 g/mol. The first kappa shape index (κ1) is 8.88. The molecule has 2 aromatic rings. The van der Waals surface area contributed by atoms with E-state index >= 15 is 0 Å². The van der Waals surface area contributed by atoms with Gasteiger partial charge in [0.2, 0.25) is 0 Å². The van der Waals surface area contributed by atoms with Crippen molar-refractivity contribution in [1.29, 1.82) is 0 Å². The van der Waals surface area contributed by atoms with Crippen molar-refractivity contribution in [1.82, 2.24) is 9.55 Å². The number of hydrogen-bond acceptors (Lipinski definition) is 3. The maximum absolute atomic E-state index is 9.50. The highest BCUT2D eigenvalue weighted by Crippen LogP contribution is 2.23. The predicted molar refractivity (Wildman–Crippen MR) is 55.4 cm³/mol. The van der Waals surface area contributed by atoms with Crippen LogP contribution < -0.4 is 0 Å². The number of nitrogens with zero attached hydrogens (tertiary/aromatic N) is 2. The standard InChI is InChI=1S/C11H12N2O2/c14-6-7-1-2-10-9(3-7)12-11-4-8(15)5-13(10)11/h1-3,8,14-15H,4-6H2. The largest absolute Gasteiger partial charge is 0.392 e. The van der Waals surface area contributed by atoms with E-state index in [4.69, 9.17) is 5.11 Å². The summed E-state index contributed by atoms with van der Waals surface area (Å²) in [7, 11) is 0. The van der Waals surface area contributed by atoms with Crippen LogP contribution in [0.25, 0.3) is 11.0 Å². The highest BCUT2D eigenvalue weighted by molar-refractivity contribution is 5.77. The molecule has 0 fully saturated rings. The summed E-state index contributed by atoms with van der Waals surface area (Å²) in [6, 6.07) is 5.74. The Balaban J connectivity index is 2.19. The molecule has 0 saturated carbocycles. The first-order chi connectivity index (χ1) is 7.28. The number of aliphatic hydroxyl groups excluding tert-OH is 2. The maximum atomic E-state index is 9.50. The molecule has 0 radical (unpaired) electrons. The van der Waals surface area contributed by atoms with Crippen LogP contribution in [-0.4, -0.2) is 25.9 Å². The summed E-state index contributed by atoms with van der Waals surface area (Å²) in [5, 5.41) is 18.5. The lowest BCUT2D eigenvalue weighted by atomic mass is 10.2. The second-order valence-corrected chi connectivity index (χ2v) is 3.98. The van der Waals surface area contributed by atoms with Crippen molar-refractivity contribution in [3.05, 3.63) is 29.6 Å². The van der Waals surface area contributed by atoms with Gasteiger partial charge in [0.15, 0.2) is 0 Å². The minimum atomic E-state index is -0.297. The molecule has 2 heterocycles. The zero-order valence-electron chi connectivity index (χ0n) is 8.22. The Hall–Kier alpha value is -1.39. The van der Waals surface area contributed by atoms with E-state index in [2.05, 4.69) is 4.98 Å². The number of imidazole rings is 1. The molecule has 4 nitrogen and oxygen atoms in total. The van der Waals surface area contributed by atoms with Gasteiger partial charge in [-0.3, -0.25) is 0 Å². The molecule has 0 bridgehead atoms. The summed E-state index contributed by atoms with van der Waals surface area (Å²) in [6.45, 7) is 0.672. The molecule has 0 aliphatic carbocycles. The van der Waals surface area contributed by atoms with Gasteiger partial charge >= 0.3 is 0 Å². The number of rotatable bonds is 1. The van der Waals surface area contributed by atoms with Crippen molar-refractivity contribution >= 4 is 11.0 Å². The van der Waals surface area contributed by atoms with Crippen LogP contribution in [0.5, 0.6) is 0 Å². The molecule has 1 aromatic heterocycles. The van der Waals surface area contributed by atoms with Gasteiger partial charge in [0.1, 0.15) is 5.82 Å². The van der Waals surface area contributed by atoms with Crippen LogP contribution >= 0.6 is 0 Å². The minimum absolute atomic E-state index is 0.0424. The molecule has 3 rings (SSSR count). The molecule has 15 heavy (non-hydrogen) atoms. The Morgan fingerprint density at radius 2 is 2.33 bits per heavy atom. The van der Waals surface area contributed by atoms with E-state index in [1.807, 2.05) is 22.8 Å². The van der Waals surface area contributed by atoms with E-state index in [0.29, 0.717) is 13.0 Å². The summed E-state index contributed by atoms with van der Waals surface area (Å²) in [5.41, 5.74) is 2.82. The molecule has 1 aliphatic rings. The third kappa shape index (κ3) is 1.26. The molecule has 4 heteroatoms. The maximum Gasteiger partial charge on any atom is 0.112 e. The Morgan fingerprint density at radius 1 is 1.47 bits per heavy atom. The Morgan fingerprint density at radius 3 is 3.13 bits per heavy atom. The molecular formula is C11H12N2O2.